The van der Waals surface area contributed by atoms with E-state index in [0.29, 0.717) is 29.7 Å². The molecule has 3 heterocycles. The maximum Gasteiger partial charge on any atom is 0.251 e. The van der Waals surface area contributed by atoms with Gasteiger partial charge in [0.25, 0.3) is 5.91 Å². The summed E-state index contributed by atoms with van der Waals surface area (Å²) >= 11 is 3.26. The number of nitrogens with one attached hydrogen (secondary N) is 2. The lowest BCUT2D eigenvalue weighted by atomic mass is 10.0. The van der Waals surface area contributed by atoms with Crippen LogP contribution in [0.2, 0.25) is 0 Å². The van der Waals surface area contributed by atoms with Crippen LogP contribution < -0.4 is 10.6 Å². The first-order valence-corrected chi connectivity index (χ1v) is 15.4. The summed E-state index contributed by atoms with van der Waals surface area (Å²) < 4.78 is 21.6. The average Bonchev–Trinajstić information content (AvgIpc) is 3.41. The van der Waals surface area contributed by atoms with Crippen LogP contribution in [-0.2, 0) is 37.3 Å². The Balaban J connectivity index is 1.32. The van der Waals surface area contributed by atoms with Crippen LogP contribution in [0.15, 0.2) is 53.1 Å². The molecule has 42 heavy (non-hydrogen) atoms. The molecule has 222 valence electrons. The highest BCUT2D eigenvalue weighted by molar-refractivity contribution is 9.10. The zero-order valence-corrected chi connectivity index (χ0v) is 26.0. The number of carbonyl (C=O) groups excluding carboxylic acids is 1. The van der Waals surface area contributed by atoms with Gasteiger partial charge in [0.2, 0.25) is 0 Å². The summed E-state index contributed by atoms with van der Waals surface area (Å²) in [6, 6.07) is 13.0. The number of anilines is 1. The van der Waals surface area contributed by atoms with E-state index in [1.54, 1.807) is 12.1 Å². The molecule has 2 N–H and O–H groups in total. The van der Waals surface area contributed by atoms with Crippen LogP contribution >= 0.6 is 15.9 Å². The number of carbonyl (C=O) groups is 1. The second-order valence-corrected chi connectivity index (χ2v) is 11.7. The Hall–Kier alpha value is -3.34. The molecular formula is C32H38BrFN6O2. The van der Waals surface area contributed by atoms with Crippen LogP contribution in [0.4, 0.5) is 10.1 Å². The molecule has 1 saturated heterocycles. The Morgan fingerprint density at radius 3 is 2.62 bits per heavy atom. The van der Waals surface area contributed by atoms with Gasteiger partial charge in [0.1, 0.15) is 5.82 Å². The molecule has 10 heteroatoms. The number of rotatable bonds is 11. The van der Waals surface area contributed by atoms with Gasteiger partial charge in [-0.3, -0.25) is 9.69 Å². The first-order valence-electron chi connectivity index (χ1n) is 14.6. The maximum atomic E-state index is 13.6. The molecule has 0 radical (unpaired) electrons. The normalized spacial score (nSPS) is 14.0. The fourth-order valence-corrected chi connectivity index (χ4v) is 5.93. The lowest BCUT2D eigenvalue weighted by molar-refractivity contribution is 0.0904. The second-order valence-electron chi connectivity index (χ2n) is 10.8. The summed E-state index contributed by atoms with van der Waals surface area (Å²) in [6.45, 7) is 8.03. The van der Waals surface area contributed by atoms with Gasteiger partial charge >= 0.3 is 0 Å². The van der Waals surface area contributed by atoms with Gasteiger partial charge in [0.15, 0.2) is 5.65 Å². The molecule has 1 aliphatic rings. The third-order valence-electron chi connectivity index (χ3n) is 7.68. The van der Waals surface area contributed by atoms with Crippen LogP contribution in [0, 0.1) is 5.82 Å². The predicted molar refractivity (Wildman–Crippen MR) is 167 cm³/mol. The van der Waals surface area contributed by atoms with Crippen molar-refractivity contribution in [2.45, 2.75) is 65.3 Å². The third-order valence-corrected chi connectivity index (χ3v) is 8.29. The van der Waals surface area contributed by atoms with E-state index in [1.807, 2.05) is 42.2 Å². The topological polar surface area (TPSA) is 84.3 Å². The fraction of sp³-hybridized carbons (Fsp3) is 0.406. The zero-order valence-electron chi connectivity index (χ0n) is 24.4. The van der Waals surface area contributed by atoms with Gasteiger partial charge in [-0.1, -0.05) is 25.1 Å². The van der Waals surface area contributed by atoms with Crippen LogP contribution in [0.3, 0.4) is 0 Å². The molecule has 0 spiro atoms. The quantitative estimate of drug-likeness (QED) is 0.208. The molecule has 8 nitrogen and oxygen atoms in total. The summed E-state index contributed by atoms with van der Waals surface area (Å²) in [5.74, 6) is -0.408. The maximum absolute atomic E-state index is 13.6. The number of fused-ring (bicyclic) bond motifs is 1. The van der Waals surface area contributed by atoms with Crippen LogP contribution in [-0.4, -0.2) is 51.9 Å². The molecule has 5 rings (SSSR count). The van der Waals surface area contributed by atoms with Crippen molar-refractivity contribution >= 4 is 38.6 Å². The SMILES string of the molecule is CCc1nc2c(cnn2CC)c(NC2CCOCC2)c1CNC(=O)c1cccc(CN(C)Cc2ccc(F)c(Br)c2)c1. The molecule has 0 unspecified atom stereocenters. The number of nitrogens with zero attached hydrogens (tertiary/aromatic N) is 4. The molecule has 4 aromatic rings. The first kappa shape index (κ1) is 30.1. The standard InChI is InChI=1S/C32H38BrFN6O2/c1-4-29-25(30(37-24-11-13-42-14-12-24)26-18-36-40(5-2)31(26)38-29)17-35-32(41)23-8-6-7-21(15-23)19-39(3)20-22-9-10-28(34)27(33)16-22/h6-10,15-16,18,24H,4-5,11-14,17,19-20H2,1-3H3,(H,35,41)(H,37,38). The Morgan fingerprint density at radius 1 is 1.14 bits per heavy atom. The highest BCUT2D eigenvalue weighted by Crippen LogP contribution is 2.31. The minimum atomic E-state index is -0.274. The highest BCUT2D eigenvalue weighted by atomic mass is 79.9. The number of benzene rings is 2. The average molecular weight is 638 g/mol. The van der Waals surface area contributed by atoms with E-state index in [1.165, 1.54) is 6.07 Å². The molecule has 1 amide bonds. The van der Waals surface area contributed by atoms with E-state index >= 15 is 0 Å². The molecule has 2 aromatic carbocycles. The fourth-order valence-electron chi connectivity index (χ4n) is 5.50. The number of hydrogen-bond acceptors (Lipinski definition) is 6. The Labute approximate surface area is 254 Å². The molecule has 0 atom stereocenters. The predicted octanol–water partition coefficient (Wildman–Crippen LogP) is 6.07. The molecule has 0 aliphatic carbocycles. The summed E-state index contributed by atoms with van der Waals surface area (Å²) in [7, 11) is 2.01. The minimum absolute atomic E-state index is 0.134. The summed E-state index contributed by atoms with van der Waals surface area (Å²) in [5.41, 5.74) is 6.46. The Bertz CT molecular complexity index is 1550. The Kier molecular flexibility index (Phi) is 9.87. The van der Waals surface area contributed by atoms with Gasteiger partial charge in [-0.25, -0.2) is 14.1 Å². The monoisotopic (exact) mass is 636 g/mol. The van der Waals surface area contributed by atoms with E-state index in [2.05, 4.69) is 50.4 Å². The molecular weight excluding hydrogens is 599 g/mol. The zero-order chi connectivity index (χ0) is 29.6. The summed E-state index contributed by atoms with van der Waals surface area (Å²) in [4.78, 5) is 20.5. The van der Waals surface area contributed by atoms with Gasteiger partial charge in [-0.15, -0.1) is 0 Å². The van der Waals surface area contributed by atoms with Gasteiger partial charge < -0.3 is 15.4 Å². The number of pyridine rings is 1. The van der Waals surface area contributed by atoms with Gasteiger partial charge in [-0.2, -0.15) is 5.10 Å². The number of aromatic nitrogens is 3. The number of ether oxygens (including phenoxy) is 1. The van der Waals surface area contributed by atoms with E-state index in [4.69, 9.17) is 9.72 Å². The second kappa shape index (κ2) is 13.8. The van der Waals surface area contributed by atoms with E-state index in [9.17, 15) is 9.18 Å². The van der Waals surface area contributed by atoms with Crippen molar-refractivity contribution in [3.8, 4) is 0 Å². The largest absolute Gasteiger partial charge is 0.381 e. The van der Waals surface area contributed by atoms with Crippen molar-refractivity contribution < 1.29 is 13.9 Å². The van der Waals surface area contributed by atoms with E-state index < -0.39 is 0 Å². The van der Waals surface area contributed by atoms with Crippen molar-refractivity contribution in [1.82, 2.24) is 25.0 Å². The highest BCUT2D eigenvalue weighted by Gasteiger charge is 2.22. The van der Waals surface area contributed by atoms with Crippen LogP contribution in [0.1, 0.15) is 59.4 Å². The number of amides is 1. The molecule has 2 aromatic heterocycles. The third kappa shape index (κ3) is 6.99. The minimum Gasteiger partial charge on any atom is -0.381 e. The van der Waals surface area contributed by atoms with Crippen molar-refractivity contribution in [3.63, 3.8) is 0 Å². The van der Waals surface area contributed by atoms with Gasteiger partial charge in [0.05, 0.1) is 21.7 Å². The van der Waals surface area contributed by atoms with Crippen molar-refractivity contribution in [2.24, 2.45) is 0 Å². The van der Waals surface area contributed by atoms with E-state index in [-0.39, 0.29) is 17.8 Å². The lowest BCUT2D eigenvalue weighted by Gasteiger charge is -2.26. The summed E-state index contributed by atoms with van der Waals surface area (Å²) in [6.07, 6.45) is 4.48. The molecule has 0 bridgehead atoms. The summed E-state index contributed by atoms with van der Waals surface area (Å²) in [5, 5.41) is 12.5. The number of hydrogen-bond donors (Lipinski definition) is 2. The Morgan fingerprint density at radius 2 is 1.90 bits per heavy atom. The molecule has 1 aliphatic heterocycles. The van der Waals surface area contributed by atoms with Crippen LogP contribution in [0.25, 0.3) is 11.0 Å². The van der Waals surface area contributed by atoms with Crippen molar-refractivity contribution in [1.29, 1.82) is 0 Å². The van der Waals surface area contributed by atoms with Gasteiger partial charge in [0, 0.05) is 62.3 Å². The number of aryl methyl sites for hydroxylation is 2. The molecule has 1 fully saturated rings. The van der Waals surface area contributed by atoms with E-state index in [0.717, 1.165) is 78.1 Å². The van der Waals surface area contributed by atoms with Crippen molar-refractivity contribution in [2.75, 3.05) is 25.6 Å². The van der Waals surface area contributed by atoms with Gasteiger partial charge in [-0.05, 0) is 84.6 Å². The van der Waals surface area contributed by atoms with Crippen molar-refractivity contribution in [3.05, 3.63) is 86.9 Å². The molecule has 0 saturated carbocycles. The smallest absolute Gasteiger partial charge is 0.251 e. The first-order chi connectivity index (χ1) is 20.4. The lowest BCUT2D eigenvalue weighted by Crippen LogP contribution is -2.30. The number of halogens is 2. The van der Waals surface area contributed by atoms with Crippen LogP contribution in [0.5, 0.6) is 0 Å².